The third kappa shape index (κ3) is 2.43. The number of anilines is 1. The molecule has 1 heterocycles. The Kier molecular flexibility index (Phi) is 3.25. The number of nitrogens with two attached hydrogens (primary N) is 1. The van der Waals surface area contributed by atoms with Crippen molar-refractivity contribution in [2.75, 3.05) is 5.73 Å². The fourth-order valence-electron chi connectivity index (χ4n) is 2.13. The number of hydrogen-bond donors (Lipinski definition) is 1. The summed E-state index contributed by atoms with van der Waals surface area (Å²) in [6.45, 7) is 2.60. The van der Waals surface area contributed by atoms with E-state index in [0.717, 1.165) is 27.9 Å². The molecular formula is C17H16N2O. The van der Waals surface area contributed by atoms with Crippen molar-refractivity contribution in [3.63, 3.8) is 0 Å². The van der Waals surface area contributed by atoms with Crippen LogP contribution in [0, 0.1) is 6.92 Å². The second-order valence-electron chi connectivity index (χ2n) is 4.83. The highest BCUT2D eigenvalue weighted by molar-refractivity contribution is 5.94. The van der Waals surface area contributed by atoms with Crippen LogP contribution in [-0.4, -0.2) is 4.98 Å². The predicted molar refractivity (Wildman–Crippen MR) is 81.7 cm³/mol. The number of nitrogens with zero attached hydrogens (tertiary/aromatic N) is 1. The van der Waals surface area contributed by atoms with E-state index in [1.54, 1.807) is 6.20 Å². The minimum atomic E-state index is 0.524. The van der Waals surface area contributed by atoms with Crippen molar-refractivity contribution in [1.82, 2.24) is 4.98 Å². The molecule has 0 radical (unpaired) electrons. The second-order valence-corrected chi connectivity index (χ2v) is 4.83. The van der Waals surface area contributed by atoms with E-state index in [9.17, 15) is 0 Å². The molecule has 0 aliphatic rings. The molecule has 0 spiro atoms. The van der Waals surface area contributed by atoms with Crippen molar-refractivity contribution in [2.24, 2.45) is 0 Å². The molecule has 0 atom stereocenters. The minimum Gasteiger partial charge on any atom is -0.487 e. The van der Waals surface area contributed by atoms with E-state index in [2.05, 4.69) is 36.2 Å². The molecule has 0 saturated heterocycles. The molecule has 3 rings (SSSR count). The van der Waals surface area contributed by atoms with E-state index < -0.39 is 0 Å². The average Bonchev–Trinajstić information content (AvgIpc) is 2.49. The predicted octanol–water partition coefficient (Wildman–Crippen LogP) is 3.70. The van der Waals surface area contributed by atoms with Crippen molar-refractivity contribution in [2.45, 2.75) is 13.5 Å². The summed E-state index contributed by atoms with van der Waals surface area (Å²) in [5, 5.41) is 0.925. The molecule has 2 N–H and O–H groups in total. The summed E-state index contributed by atoms with van der Waals surface area (Å²) in [5.74, 6) is 0.760. The maximum absolute atomic E-state index is 5.95. The standard InChI is InChI=1S/C17H16N2O/c1-12-4-6-13(7-5-12)11-20-16-9-8-15(18)14-3-2-10-19-17(14)16/h2-10H,11,18H2,1H3. The zero-order valence-electron chi connectivity index (χ0n) is 11.3. The Labute approximate surface area is 118 Å². The van der Waals surface area contributed by atoms with E-state index >= 15 is 0 Å². The van der Waals surface area contributed by atoms with Gasteiger partial charge in [0.1, 0.15) is 17.9 Å². The van der Waals surface area contributed by atoms with E-state index in [0.29, 0.717) is 6.61 Å². The van der Waals surface area contributed by atoms with E-state index in [1.165, 1.54) is 5.56 Å². The van der Waals surface area contributed by atoms with Crippen molar-refractivity contribution in [3.8, 4) is 5.75 Å². The van der Waals surface area contributed by atoms with Crippen molar-refractivity contribution in [3.05, 3.63) is 65.9 Å². The van der Waals surface area contributed by atoms with Gasteiger partial charge in [0.05, 0.1) is 0 Å². The number of aryl methyl sites for hydroxylation is 1. The summed E-state index contributed by atoms with van der Waals surface area (Å²) < 4.78 is 5.88. The minimum absolute atomic E-state index is 0.524. The Hall–Kier alpha value is -2.55. The number of fused-ring (bicyclic) bond motifs is 1. The summed E-state index contributed by atoms with van der Waals surface area (Å²) in [7, 11) is 0. The highest BCUT2D eigenvalue weighted by Gasteiger charge is 2.06. The molecule has 1 aromatic heterocycles. The average molecular weight is 264 g/mol. The number of rotatable bonds is 3. The topological polar surface area (TPSA) is 48.1 Å². The van der Waals surface area contributed by atoms with Crippen LogP contribution in [0.15, 0.2) is 54.7 Å². The van der Waals surface area contributed by atoms with Crippen LogP contribution >= 0.6 is 0 Å². The van der Waals surface area contributed by atoms with Gasteiger partial charge in [-0.05, 0) is 36.8 Å². The first-order valence-electron chi connectivity index (χ1n) is 6.55. The van der Waals surface area contributed by atoms with Gasteiger partial charge in [-0.1, -0.05) is 29.8 Å². The van der Waals surface area contributed by atoms with Crippen LogP contribution in [0.1, 0.15) is 11.1 Å². The van der Waals surface area contributed by atoms with Crippen LogP contribution in [-0.2, 0) is 6.61 Å². The van der Waals surface area contributed by atoms with Crippen LogP contribution in [0.25, 0.3) is 10.9 Å². The van der Waals surface area contributed by atoms with Gasteiger partial charge in [0.25, 0.3) is 0 Å². The molecule has 0 unspecified atom stereocenters. The molecule has 3 heteroatoms. The molecule has 0 saturated carbocycles. The summed E-state index contributed by atoms with van der Waals surface area (Å²) in [6, 6.07) is 15.9. The third-order valence-corrected chi connectivity index (χ3v) is 3.28. The molecule has 2 aromatic carbocycles. The van der Waals surface area contributed by atoms with Gasteiger partial charge in [-0.15, -0.1) is 0 Å². The molecule has 0 bridgehead atoms. The van der Waals surface area contributed by atoms with Gasteiger partial charge in [0, 0.05) is 17.3 Å². The fourth-order valence-corrected chi connectivity index (χ4v) is 2.13. The number of pyridine rings is 1. The highest BCUT2D eigenvalue weighted by atomic mass is 16.5. The molecule has 0 amide bonds. The van der Waals surface area contributed by atoms with Gasteiger partial charge < -0.3 is 10.5 Å². The number of aromatic nitrogens is 1. The Morgan fingerprint density at radius 3 is 2.65 bits per heavy atom. The molecule has 0 fully saturated rings. The summed E-state index contributed by atoms with van der Waals surface area (Å²) in [5.41, 5.74) is 9.86. The highest BCUT2D eigenvalue weighted by Crippen LogP contribution is 2.28. The van der Waals surface area contributed by atoms with Gasteiger partial charge in [-0.25, -0.2) is 0 Å². The SMILES string of the molecule is Cc1ccc(COc2ccc(N)c3cccnc23)cc1. The van der Waals surface area contributed by atoms with Gasteiger partial charge >= 0.3 is 0 Å². The smallest absolute Gasteiger partial charge is 0.146 e. The molecule has 3 nitrogen and oxygen atoms in total. The summed E-state index contributed by atoms with van der Waals surface area (Å²) in [4.78, 5) is 4.36. The first-order valence-corrected chi connectivity index (χ1v) is 6.55. The lowest BCUT2D eigenvalue weighted by Gasteiger charge is -2.10. The maximum atomic E-state index is 5.95. The lowest BCUT2D eigenvalue weighted by Crippen LogP contribution is -1.98. The zero-order chi connectivity index (χ0) is 13.9. The number of nitrogen functional groups attached to an aromatic ring is 1. The number of benzene rings is 2. The monoisotopic (exact) mass is 264 g/mol. The van der Waals surface area contributed by atoms with Gasteiger partial charge in [0.15, 0.2) is 0 Å². The van der Waals surface area contributed by atoms with E-state index in [-0.39, 0.29) is 0 Å². The van der Waals surface area contributed by atoms with Gasteiger partial charge in [0.2, 0.25) is 0 Å². The largest absolute Gasteiger partial charge is 0.487 e. The molecule has 0 aliphatic carbocycles. The van der Waals surface area contributed by atoms with E-state index in [1.807, 2.05) is 24.3 Å². The maximum Gasteiger partial charge on any atom is 0.146 e. The summed E-state index contributed by atoms with van der Waals surface area (Å²) in [6.07, 6.45) is 1.75. The van der Waals surface area contributed by atoms with Crippen LogP contribution in [0.2, 0.25) is 0 Å². The first-order chi connectivity index (χ1) is 9.74. The molecule has 3 aromatic rings. The Balaban J connectivity index is 1.88. The first kappa shape index (κ1) is 12.5. The second kappa shape index (κ2) is 5.21. The fraction of sp³-hybridized carbons (Fsp3) is 0.118. The Bertz CT molecular complexity index is 736. The lowest BCUT2D eigenvalue weighted by molar-refractivity contribution is 0.309. The van der Waals surface area contributed by atoms with Gasteiger partial charge in [-0.2, -0.15) is 0 Å². The molecule has 20 heavy (non-hydrogen) atoms. The molecule has 100 valence electrons. The quantitative estimate of drug-likeness (QED) is 0.734. The Morgan fingerprint density at radius 2 is 1.85 bits per heavy atom. The summed E-state index contributed by atoms with van der Waals surface area (Å²) >= 11 is 0. The number of hydrogen-bond acceptors (Lipinski definition) is 3. The van der Waals surface area contributed by atoms with E-state index in [4.69, 9.17) is 10.5 Å². The van der Waals surface area contributed by atoms with Crippen LogP contribution in [0.4, 0.5) is 5.69 Å². The van der Waals surface area contributed by atoms with Crippen molar-refractivity contribution < 1.29 is 4.74 Å². The van der Waals surface area contributed by atoms with Crippen LogP contribution in [0.5, 0.6) is 5.75 Å². The van der Waals surface area contributed by atoms with Crippen LogP contribution in [0.3, 0.4) is 0 Å². The molecule has 0 aliphatic heterocycles. The molecular weight excluding hydrogens is 248 g/mol. The van der Waals surface area contributed by atoms with Crippen molar-refractivity contribution >= 4 is 16.6 Å². The van der Waals surface area contributed by atoms with Crippen molar-refractivity contribution in [1.29, 1.82) is 0 Å². The third-order valence-electron chi connectivity index (χ3n) is 3.28. The zero-order valence-corrected chi connectivity index (χ0v) is 11.3. The Morgan fingerprint density at radius 1 is 1.05 bits per heavy atom. The van der Waals surface area contributed by atoms with Crippen LogP contribution < -0.4 is 10.5 Å². The number of ether oxygens (including phenoxy) is 1. The van der Waals surface area contributed by atoms with Gasteiger partial charge in [-0.3, -0.25) is 4.98 Å². The normalized spacial score (nSPS) is 10.7. The lowest BCUT2D eigenvalue weighted by atomic mass is 10.1.